The molecule has 0 aromatic heterocycles. The van der Waals surface area contributed by atoms with Gasteiger partial charge in [-0.3, -0.25) is 0 Å². The molecule has 0 saturated heterocycles. The molecule has 1 aliphatic rings. The smallest absolute Gasteiger partial charge is 0.0475 e. The molecule has 1 aliphatic carbocycles. The van der Waals surface area contributed by atoms with Crippen LogP contribution in [-0.2, 0) is 0 Å². The topological polar surface area (TPSA) is 32.6 Å². The molecule has 0 spiro atoms. The molecule has 0 saturated carbocycles. The van der Waals surface area contributed by atoms with Crippen LogP contribution in [0.4, 0.5) is 0 Å². The lowest BCUT2D eigenvalue weighted by atomic mass is 9.76. The van der Waals surface area contributed by atoms with Crippen molar-refractivity contribution in [1.82, 2.24) is 0 Å². The minimum absolute atomic E-state index is 0.402. The van der Waals surface area contributed by atoms with E-state index in [-0.39, 0.29) is 0 Å². The highest BCUT2D eigenvalue weighted by atomic mass is 16.4. The van der Waals surface area contributed by atoms with Gasteiger partial charge in [0.15, 0.2) is 0 Å². The molecule has 2 heteroatoms. The van der Waals surface area contributed by atoms with E-state index in [4.69, 9.17) is 5.21 Å². The average Bonchev–Trinajstić information content (AvgIpc) is 1.96. The van der Waals surface area contributed by atoms with E-state index in [1.165, 1.54) is 5.57 Å². The Morgan fingerprint density at radius 3 is 2.75 bits per heavy atom. The van der Waals surface area contributed by atoms with Crippen LogP contribution in [0.5, 0.6) is 0 Å². The number of hydrogen-bond acceptors (Lipinski definition) is 2. The first kappa shape index (κ1) is 9.30. The lowest BCUT2D eigenvalue weighted by molar-refractivity contribution is 0.303. The van der Waals surface area contributed by atoms with E-state index in [1.807, 2.05) is 0 Å². The van der Waals surface area contributed by atoms with Crippen LogP contribution >= 0.6 is 0 Å². The predicted octanol–water partition coefficient (Wildman–Crippen LogP) is 2.68. The van der Waals surface area contributed by atoms with Crippen molar-refractivity contribution in [3.8, 4) is 0 Å². The Morgan fingerprint density at radius 2 is 2.25 bits per heavy atom. The van der Waals surface area contributed by atoms with Gasteiger partial charge in [-0.2, -0.15) is 0 Å². The molecule has 0 amide bonds. The second kappa shape index (κ2) is 3.74. The van der Waals surface area contributed by atoms with Crippen molar-refractivity contribution in [1.29, 1.82) is 0 Å². The van der Waals surface area contributed by atoms with Gasteiger partial charge >= 0.3 is 0 Å². The van der Waals surface area contributed by atoms with Crippen molar-refractivity contribution in [2.45, 2.75) is 27.2 Å². The Bertz CT molecular complexity index is 208. The molecule has 0 heterocycles. The fraction of sp³-hybridized carbons (Fsp3) is 0.700. The van der Waals surface area contributed by atoms with Gasteiger partial charge in [-0.05, 0) is 25.2 Å². The summed E-state index contributed by atoms with van der Waals surface area (Å²) in [7, 11) is 0. The fourth-order valence-electron chi connectivity index (χ4n) is 2.15. The van der Waals surface area contributed by atoms with Gasteiger partial charge in [-0.1, -0.05) is 25.5 Å². The standard InChI is InChI=1S/C10H17NO/c1-7-4-8(2)10(6-11-12)9(3)5-7/h4,6,8-10,12H,5H2,1-3H3/b11-6+. The minimum atomic E-state index is 0.402. The van der Waals surface area contributed by atoms with Crippen LogP contribution in [0.2, 0.25) is 0 Å². The molecule has 3 unspecified atom stereocenters. The van der Waals surface area contributed by atoms with Crippen LogP contribution in [-0.4, -0.2) is 11.4 Å². The second-order valence-electron chi connectivity index (χ2n) is 3.90. The van der Waals surface area contributed by atoms with Crippen LogP contribution in [0.25, 0.3) is 0 Å². The number of allylic oxidation sites excluding steroid dienone is 2. The molecule has 1 rings (SSSR count). The van der Waals surface area contributed by atoms with Gasteiger partial charge < -0.3 is 5.21 Å². The molecule has 0 fully saturated rings. The lowest BCUT2D eigenvalue weighted by Gasteiger charge is -2.29. The predicted molar refractivity (Wildman–Crippen MR) is 50.5 cm³/mol. The third-order valence-electron chi connectivity index (χ3n) is 2.69. The zero-order valence-electron chi connectivity index (χ0n) is 7.99. The first-order valence-electron chi connectivity index (χ1n) is 4.50. The monoisotopic (exact) mass is 167 g/mol. The molecule has 0 aromatic rings. The summed E-state index contributed by atoms with van der Waals surface area (Å²) in [6.07, 6.45) is 5.06. The first-order chi connectivity index (χ1) is 5.65. The Kier molecular flexibility index (Phi) is 2.90. The highest BCUT2D eigenvalue weighted by Gasteiger charge is 2.25. The zero-order valence-corrected chi connectivity index (χ0v) is 7.99. The quantitative estimate of drug-likeness (QED) is 0.277. The summed E-state index contributed by atoms with van der Waals surface area (Å²) < 4.78 is 0. The third-order valence-corrected chi connectivity index (χ3v) is 2.69. The molecule has 1 N–H and O–H groups in total. The number of nitrogens with zero attached hydrogens (tertiary/aromatic N) is 1. The van der Waals surface area contributed by atoms with Gasteiger partial charge in [0.1, 0.15) is 0 Å². The molecule has 0 radical (unpaired) electrons. The van der Waals surface area contributed by atoms with E-state index in [1.54, 1.807) is 6.21 Å². The molecule has 3 atom stereocenters. The Balaban J connectivity index is 2.75. The van der Waals surface area contributed by atoms with Gasteiger partial charge in [-0.25, -0.2) is 0 Å². The van der Waals surface area contributed by atoms with Gasteiger partial charge in [-0.15, -0.1) is 5.16 Å². The van der Waals surface area contributed by atoms with E-state index in [2.05, 4.69) is 32.0 Å². The van der Waals surface area contributed by atoms with Crippen molar-refractivity contribution in [2.24, 2.45) is 22.9 Å². The summed E-state index contributed by atoms with van der Waals surface area (Å²) in [6.45, 7) is 6.55. The summed E-state index contributed by atoms with van der Waals surface area (Å²) >= 11 is 0. The molecule has 0 bridgehead atoms. The summed E-state index contributed by atoms with van der Waals surface area (Å²) in [4.78, 5) is 0. The molecule has 0 aliphatic heterocycles. The van der Waals surface area contributed by atoms with E-state index in [9.17, 15) is 0 Å². The molecular weight excluding hydrogens is 150 g/mol. The van der Waals surface area contributed by atoms with E-state index in [0.717, 1.165) is 6.42 Å². The molecule has 68 valence electrons. The van der Waals surface area contributed by atoms with Crippen LogP contribution < -0.4 is 0 Å². The Morgan fingerprint density at radius 1 is 1.58 bits per heavy atom. The third kappa shape index (κ3) is 1.87. The fourth-order valence-corrected chi connectivity index (χ4v) is 2.15. The maximum atomic E-state index is 8.47. The van der Waals surface area contributed by atoms with E-state index < -0.39 is 0 Å². The largest absolute Gasteiger partial charge is 0.411 e. The summed E-state index contributed by atoms with van der Waals surface area (Å²) in [5, 5.41) is 11.6. The summed E-state index contributed by atoms with van der Waals surface area (Å²) in [6, 6.07) is 0. The van der Waals surface area contributed by atoms with Crippen molar-refractivity contribution >= 4 is 6.21 Å². The van der Waals surface area contributed by atoms with Crippen molar-refractivity contribution in [2.75, 3.05) is 0 Å². The van der Waals surface area contributed by atoms with Crippen LogP contribution in [0.15, 0.2) is 16.8 Å². The number of hydrogen-bond donors (Lipinski definition) is 1. The average molecular weight is 167 g/mol. The summed E-state index contributed by atoms with van der Waals surface area (Å²) in [5.74, 6) is 1.50. The van der Waals surface area contributed by atoms with Crippen LogP contribution in [0.1, 0.15) is 27.2 Å². The Hall–Kier alpha value is -0.790. The SMILES string of the molecule is CC1=CC(C)C(/C=N/O)C(C)C1. The zero-order chi connectivity index (χ0) is 9.14. The molecule has 2 nitrogen and oxygen atoms in total. The Labute approximate surface area is 74.0 Å². The van der Waals surface area contributed by atoms with Gasteiger partial charge in [0.05, 0.1) is 0 Å². The normalized spacial score (nSPS) is 36.9. The highest BCUT2D eigenvalue weighted by molar-refractivity contribution is 5.61. The number of oxime groups is 1. The van der Waals surface area contributed by atoms with E-state index in [0.29, 0.717) is 17.8 Å². The summed E-state index contributed by atoms with van der Waals surface area (Å²) in [5.41, 5.74) is 1.46. The first-order valence-corrected chi connectivity index (χ1v) is 4.50. The molecule has 12 heavy (non-hydrogen) atoms. The van der Waals surface area contributed by atoms with Crippen molar-refractivity contribution < 1.29 is 5.21 Å². The maximum Gasteiger partial charge on any atom is 0.0475 e. The molecular formula is C10H17NO. The highest BCUT2D eigenvalue weighted by Crippen LogP contribution is 2.31. The lowest BCUT2D eigenvalue weighted by Crippen LogP contribution is -2.24. The van der Waals surface area contributed by atoms with Crippen LogP contribution in [0.3, 0.4) is 0 Å². The van der Waals surface area contributed by atoms with Gasteiger partial charge in [0.2, 0.25) is 0 Å². The maximum absolute atomic E-state index is 8.47. The minimum Gasteiger partial charge on any atom is -0.411 e. The van der Waals surface area contributed by atoms with Crippen LogP contribution in [0, 0.1) is 17.8 Å². The van der Waals surface area contributed by atoms with E-state index >= 15 is 0 Å². The number of rotatable bonds is 1. The van der Waals surface area contributed by atoms with Gasteiger partial charge in [0, 0.05) is 12.1 Å². The molecule has 0 aromatic carbocycles. The van der Waals surface area contributed by atoms with Gasteiger partial charge in [0.25, 0.3) is 0 Å². The van der Waals surface area contributed by atoms with Crippen molar-refractivity contribution in [3.63, 3.8) is 0 Å². The van der Waals surface area contributed by atoms with Crippen molar-refractivity contribution in [3.05, 3.63) is 11.6 Å². The second-order valence-corrected chi connectivity index (χ2v) is 3.90.